The van der Waals surface area contributed by atoms with Gasteiger partial charge in [-0.15, -0.1) is 0 Å². The van der Waals surface area contributed by atoms with E-state index in [0.29, 0.717) is 0 Å². The van der Waals surface area contributed by atoms with Gasteiger partial charge in [0.25, 0.3) is 0 Å². The van der Waals surface area contributed by atoms with E-state index in [2.05, 4.69) is 8.83 Å². The summed E-state index contributed by atoms with van der Waals surface area (Å²) in [5, 5.41) is 0. The van der Waals surface area contributed by atoms with Crippen LogP contribution in [-0.2, 0) is 0 Å². The summed E-state index contributed by atoms with van der Waals surface area (Å²) in [6.07, 6.45) is 0. The first-order valence-electron chi connectivity index (χ1n) is 0.845. The van der Waals surface area contributed by atoms with Crippen LogP contribution in [0.25, 0.3) is 0 Å². The monoisotopic (exact) mass is 232 g/mol. The molecule has 0 heterocycles. The van der Waals surface area contributed by atoms with Gasteiger partial charge in [-0.2, -0.15) is 0 Å². The molecule has 0 aliphatic heterocycles. The summed E-state index contributed by atoms with van der Waals surface area (Å²) < 4.78 is 41.4. The van der Waals surface area contributed by atoms with E-state index < -0.39 is 18.6 Å². The molecule has 0 spiro atoms. The van der Waals surface area contributed by atoms with Crippen molar-refractivity contribution in [2.45, 2.75) is 0 Å². The van der Waals surface area contributed by atoms with Crippen LogP contribution in [0.3, 0.4) is 0 Å². The van der Waals surface area contributed by atoms with E-state index in [4.69, 9.17) is 0 Å². The van der Waals surface area contributed by atoms with Crippen molar-refractivity contribution in [3.8, 4) is 0 Å². The fourth-order valence-corrected chi connectivity index (χ4v) is 0. The second-order valence-electron chi connectivity index (χ2n) is 0.639. The quantitative estimate of drug-likeness (QED) is 0.443. The maximum absolute atomic E-state index is 10.3. The van der Waals surface area contributed by atoms with Crippen LogP contribution in [0.1, 0.15) is 0 Å². The van der Waals surface area contributed by atoms with Gasteiger partial charge in [-0.1, -0.05) is 0 Å². The molecule has 0 bridgehead atoms. The van der Waals surface area contributed by atoms with E-state index in [-0.39, 0.29) is 0 Å². The Hall–Kier alpha value is 0.828. The molecule has 0 N–H and O–H groups in total. The van der Waals surface area contributed by atoms with Crippen LogP contribution < -0.4 is 0 Å². The Morgan fingerprint density at radius 1 is 1.00 bits per heavy atom. The standard InChI is InChI=1S/ClH.4FH.Sb/h5*1H;/q;;;;;+5/p-5. The predicted molar refractivity (Wildman–Crippen MR) is 16.0 cm³/mol. The molecular formula is ClF4Sb. The molecule has 0 nitrogen and oxygen atoms in total. The first-order chi connectivity index (χ1) is 2.24. The number of hydrogen-bond acceptors (Lipinski definition) is 0. The Morgan fingerprint density at radius 2 is 1.00 bits per heavy atom. The van der Waals surface area contributed by atoms with E-state index in [1.165, 1.54) is 0 Å². The third-order valence-corrected chi connectivity index (χ3v) is 0. The van der Waals surface area contributed by atoms with Crippen LogP contribution in [0, 0.1) is 0 Å². The zero-order valence-electron chi connectivity index (χ0n) is 2.34. The minimum atomic E-state index is -8.22. The summed E-state index contributed by atoms with van der Waals surface area (Å²) in [6, 6.07) is 0. The summed E-state index contributed by atoms with van der Waals surface area (Å²) >= 11 is -8.22. The van der Waals surface area contributed by atoms with Crippen LogP contribution in [0.4, 0.5) is 11.3 Å². The second kappa shape index (κ2) is 1.16. The Balaban J connectivity index is 3.73. The summed E-state index contributed by atoms with van der Waals surface area (Å²) in [6.45, 7) is 0. The predicted octanol–water partition coefficient (Wildman–Crippen LogP) is 1.99. The SMILES string of the molecule is [F][Sb]([F])([F])([F])[Cl]. The van der Waals surface area contributed by atoms with Gasteiger partial charge < -0.3 is 0 Å². The fourth-order valence-electron chi connectivity index (χ4n) is 0. The van der Waals surface area contributed by atoms with Gasteiger partial charge in [-0.25, -0.2) is 0 Å². The van der Waals surface area contributed by atoms with E-state index in [9.17, 15) is 11.3 Å². The van der Waals surface area contributed by atoms with Crippen molar-refractivity contribution in [3.63, 3.8) is 0 Å². The Morgan fingerprint density at radius 3 is 1.00 bits per heavy atom. The maximum atomic E-state index is 10.3. The molecule has 6 heteroatoms. The molecular weight excluding hydrogens is 233 g/mol. The summed E-state index contributed by atoms with van der Waals surface area (Å²) in [5.41, 5.74) is 0. The Kier molecular flexibility index (Phi) is 1.32. The average Bonchev–Trinajstić information content (AvgIpc) is 0.650. The van der Waals surface area contributed by atoms with E-state index >= 15 is 0 Å². The van der Waals surface area contributed by atoms with Crippen LogP contribution in [0.5, 0.6) is 0 Å². The van der Waals surface area contributed by atoms with Crippen LogP contribution in [0.15, 0.2) is 0 Å². The van der Waals surface area contributed by atoms with Crippen LogP contribution in [0.2, 0.25) is 0 Å². The molecule has 0 unspecified atom stereocenters. The molecule has 0 atom stereocenters. The van der Waals surface area contributed by atoms with Crippen molar-refractivity contribution in [1.29, 1.82) is 0 Å². The normalized spacial score (nSPS) is 19.2. The molecule has 0 aromatic rings. The first-order valence-corrected chi connectivity index (χ1v) is 7.94. The van der Waals surface area contributed by atoms with E-state index in [1.54, 1.807) is 0 Å². The van der Waals surface area contributed by atoms with Gasteiger partial charge >= 0.3 is 38.7 Å². The zero-order chi connectivity index (χ0) is 5.45. The number of rotatable bonds is 0. The van der Waals surface area contributed by atoms with Crippen molar-refractivity contribution in [3.05, 3.63) is 0 Å². The number of halogens is 5. The summed E-state index contributed by atoms with van der Waals surface area (Å²) in [4.78, 5) is 0. The van der Waals surface area contributed by atoms with Crippen molar-refractivity contribution in [1.82, 2.24) is 0 Å². The molecule has 0 aromatic heterocycles. The fraction of sp³-hybridized carbons (Fsp3) is 0. The molecule has 0 aromatic carbocycles. The molecule has 0 aliphatic rings. The molecule has 0 saturated heterocycles. The van der Waals surface area contributed by atoms with Gasteiger partial charge in [-0.05, 0) is 0 Å². The van der Waals surface area contributed by atoms with Crippen molar-refractivity contribution < 1.29 is 11.3 Å². The van der Waals surface area contributed by atoms with Crippen molar-refractivity contribution >= 4 is 27.4 Å². The third-order valence-electron chi connectivity index (χ3n) is 0. The molecule has 0 aliphatic carbocycles. The molecule has 0 radical (unpaired) electrons. The first kappa shape index (κ1) is 6.83. The summed E-state index contributed by atoms with van der Waals surface area (Å²) in [7, 11) is 3.32. The van der Waals surface area contributed by atoms with Gasteiger partial charge in [0.2, 0.25) is 0 Å². The molecule has 40 valence electrons. The van der Waals surface area contributed by atoms with Crippen LogP contribution >= 0.6 is 8.83 Å². The van der Waals surface area contributed by atoms with Gasteiger partial charge in [0.05, 0.1) is 0 Å². The van der Waals surface area contributed by atoms with E-state index in [1.807, 2.05) is 0 Å². The molecule has 0 rings (SSSR count). The summed E-state index contributed by atoms with van der Waals surface area (Å²) in [5.74, 6) is 0. The van der Waals surface area contributed by atoms with Gasteiger partial charge in [0, 0.05) is 0 Å². The van der Waals surface area contributed by atoms with Crippen molar-refractivity contribution in [2.75, 3.05) is 0 Å². The van der Waals surface area contributed by atoms with Gasteiger partial charge in [0.15, 0.2) is 0 Å². The minimum absolute atomic E-state index is 3.32. The molecule has 0 amide bonds. The average molecular weight is 233 g/mol. The molecule has 0 fully saturated rings. The molecule has 0 saturated carbocycles. The van der Waals surface area contributed by atoms with Gasteiger partial charge in [-0.3, -0.25) is 0 Å². The third kappa shape index (κ3) is 103. The zero-order valence-corrected chi connectivity index (χ0v) is 5.65. The number of hydrogen-bond donors (Lipinski definition) is 0. The van der Waals surface area contributed by atoms with E-state index in [0.717, 1.165) is 0 Å². The Labute approximate surface area is 39.0 Å². The Bertz CT molecular complexity index is 40.7. The topological polar surface area (TPSA) is 0 Å². The van der Waals surface area contributed by atoms with Crippen molar-refractivity contribution in [2.24, 2.45) is 0 Å². The van der Waals surface area contributed by atoms with Gasteiger partial charge in [0.1, 0.15) is 0 Å². The molecule has 6 heavy (non-hydrogen) atoms. The second-order valence-corrected chi connectivity index (χ2v) is 7.71. The van der Waals surface area contributed by atoms with Crippen LogP contribution in [-0.4, -0.2) is 18.6 Å².